The molecule has 240 valence electrons. The van der Waals surface area contributed by atoms with E-state index in [1.54, 1.807) is 6.20 Å². The van der Waals surface area contributed by atoms with Crippen LogP contribution in [0.2, 0.25) is 5.02 Å². The molecular weight excluding hydrogens is 638 g/mol. The Hall–Kier alpha value is -1.04. The van der Waals surface area contributed by atoms with E-state index in [4.69, 9.17) is 40.0 Å². The fraction of sp³-hybridized carbons (Fsp3) is 0.441. The van der Waals surface area contributed by atoms with Crippen LogP contribution in [-0.4, -0.2) is 73.5 Å². The number of hydrogen-bond acceptors (Lipinski definition) is 9. The van der Waals surface area contributed by atoms with E-state index < -0.39 is 17.9 Å². The number of aromatic nitrogens is 1. The van der Waals surface area contributed by atoms with Gasteiger partial charge in [-0.25, -0.2) is 0 Å². The van der Waals surface area contributed by atoms with Gasteiger partial charge in [-0.1, -0.05) is 11.6 Å². The molecule has 7 rings (SSSR count). The van der Waals surface area contributed by atoms with E-state index in [1.807, 2.05) is 77.6 Å². The molecule has 5 aliphatic rings. The van der Waals surface area contributed by atoms with E-state index in [-0.39, 0.29) is 41.5 Å². The topological polar surface area (TPSA) is 92.3 Å². The molecule has 0 spiro atoms. The summed E-state index contributed by atoms with van der Waals surface area (Å²) in [5.41, 5.74) is 2.00. The molecule has 10 radical (unpaired) electrons. The first-order valence-electron chi connectivity index (χ1n) is 15.1. The number of fused-ring (bicyclic) bond motifs is 4. The van der Waals surface area contributed by atoms with Crippen LogP contribution >= 0.6 is 11.6 Å². The second-order valence-electron chi connectivity index (χ2n) is 12.1. The van der Waals surface area contributed by atoms with Crippen molar-refractivity contribution in [2.75, 3.05) is 31.6 Å². The SMILES string of the molecule is CC1(C)O[C@H]2O[C@H]3[C@H](OC(C)(C)O[C@H]3CO[C]3[CH][CH][CH][CH]3)[C@H]2O1.Clc1ccc2c(NCCNC[C]3[CH][CH][CH][CH]3)ccnc2c1.[Fe+2]. The fourth-order valence-corrected chi connectivity index (χ4v) is 5.98. The summed E-state index contributed by atoms with van der Waals surface area (Å²) in [5.74, 6) is -0.0674. The second kappa shape index (κ2) is 15.5. The van der Waals surface area contributed by atoms with Crippen molar-refractivity contribution in [3.8, 4) is 0 Å². The molecule has 9 nitrogen and oxygen atoms in total. The zero-order valence-corrected chi connectivity index (χ0v) is 27.7. The number of pyridine rings is 1. The molecule has 1 aromatic heterocycles. The quantitative estimate of drug-likeness (QED) is 0.279. The Bertz CT molecular complexity index is 1240. The molecule has 2 aromatic rings. The summed E-state index contributed by atoms with van der Waals surface area (Å²) >= 11 is 6.00. The molecule has 2 aliphatic carbocycles. The number of anilines is 1. The first kappa shape index (κ1) is 35.3. The molecule has 11 heteroatoms. The molecule has 0 amide bonds. The van der Waals surface area contributed by atoms with Crippen LogP contribution in [0.4, 0.5) is 5.69 Å². The predicted molar refractivity (Wildman–Crippen MR) is 167 cm³/mol. The van der Waals surface area contributed by atoms with Crippen molar-refractivity contribution in [3.05, 3.63) is 98.9 Å². The summed E-state index contributed by atoms with van der Waals surface area (Å²) in [6, 6.07) is 7.78. The first-order chi connectivity index (χ1) is 21.2. The van der Waals surface area contributed by atoms with Gasteiger partial charge in [0, 0.05) is 54.8 Å². The zero-order valence-electron chi connectivity index (χ0n) is 25.8. The minimum atomic E-state index is -0.727. The maximum Gasteiger partial charge on any atom is 2.00 e. The zero-order chi connectivity index (χ0) is 30.7. The molecule has 4 heterocycles. The van der Waals surface area contributed by atoms with Crippen LogP contribution in [0.25, 0.3) is 10.9 Å². The summed E-state index contributed by atoms with van der Waals surface area (Å²) < 4.78 is 35.7. The average Bonchev–Trinajstić information content (AvgIpc) is 3.78. The molecule has 2 N–H and O–H groups in total. The molecule has 2 saturated carbocycles. The van der Waals surface area contributed by atoms with E-state index >= 15 is 0 Å². The van der Waals surface area contributed by atoms with Gasteiger partial charge in [0.1, 0.15) is 30.5 Å². The maximum absolute atomic E-state index is 6.06. The Morgan fingerprint density at radius 3 is 2.33 bits per heavy atom. The number of nitrogens with zero attached hydrogens (tertiary/aromatic N) is 1. The largest absolute Gasteiger partial charge is 2.00 e. The average molecular weight is 678 g/mol. The van der Waals surface area contributed by atoms with E-state index in [9.17, 15) is 0 Å². The third kappa shape index (κ3) is 9.11. The van der Waals surface area contributed by atoms with Gasteiger partial charge in [0.15, 0.2) is 17.9 Å². The molecule has 5 fully saturated rings. The van der Waals surface area contributed by atoms with Crippen LogP contribution in [0, 0.1) is 63.4 Å². The smallest absolute Gasteiger partial charge is 0.383 e. The third-order valence-corrected chi connectivity index (χ3v) is 7.91. The van der Waals surface area contributed by atoms with E-state index in [0.29, 0.717) is 11.6 Å². The van der Waals surface area contributed by atoms with Crippen LogP contribution in [0.15, 0.2) is 30.5 Å². The maximum atomic E-state index is 6.06. The van der Waals surface area contributed by atoms with Gasteiger partial charge in [-0.15, -0.1) is 0 Å². The normalized spacial score (nSPS) is 30.4. The Labute approximate surface area is 283 Å². The summed E-state index contributed by atoms with van der Waals surface area (Å²) in [5, 5.41) is 8.66. The first-order valence-corrected chi connectivity index (χ1v) is 15.4. The number of rotatable bonds is 9. The van der Waals surface area contributed by atoms with Crippen LogP contribution in [0.3, 0.4) is 0 Å². The predicted octanol–water partition coefficient (Wildman–Crippen LogP) is 5.05. The van der Waals surface area contributed by atoms with Crippen molar-refractivity contribution >= 4 is 28.2 Å². The van der Waals surface area contributed by atoms with Crippen LogP contribution in [0.1, 0.15) is 27.7 Å². The molecule has 1 aromatic carbocycles. The van der Waals surface area contributed by atoms with Crippen molar-refractivity contribution in [3.63, 3.8) is 0 Å². The van der Waals surface area contributed by atoms with Gasteiger partial charge in [0.2, 0.25) is 0 Å². The van der Waals surface area contributed by atoms with Crippen molar-refractivity contribution in [2.24, 2.45) is 0 Å². The monoisotopic (exact) mass is 677 g/mol. The summed E-state index contributed by atoms with van der Waals surface area (Å²) in [6.07, 6.45) is 17.3. The van der Waals surface area contributed by atoms with Crippen molar-refractivity contribution in [1.29, 1.82) is 0 Å². The fourth-order valence-electron chi connectivity index (χ4n) is 5.81. The van der Waals surface area contributed by atoms with Crippen molar-refractivity contribution < 1.29 is 45.5 Å². The molecule has 0 unspecified atom stereocenters. The number of ether oxygens (including phenoxy) is 6. The number of benzene rings is 1. The number of nitrogens with one attached hydrogen (secondary N) is 2. The van der Waals surface area contributed by atoms with Gasteiger partial charge in [0.25, 0.3) is 0 Å². The van der Waals surface area contributed by atoms with Crippen LogP contribution in [-0.2, 0) is 45.5 Å². The van der Waals surface area contributed by atoms with Gasteiger partial charge >= 0.3 is 17.1 Å². The Morgan fingerprint density at radius 2 is 1.56 bits per heavy atom. The van der Waals surface area contributed by atoms with Gasteiger partial charge in [-0.3, -0.25) is 4.98 Å². The second-order valence-corrected chi connectivity index (χ2v) is 12.5. The Morgan fingerprint density at radius 1 is 0.844 bits per heavy atom. The summed E-state index contributed by atoms with van der Waals surface area (Å²) in [7, 11) is 0. The van der Waals surface area contributed by atoms with E-state index in [2.05, 4.69) is 41.3 Å². The minimum absolute atomic E-state index is 0. The van der Waals surface area contributed by atoms with Gasteiger partial charge in [-0.05, 0) is 96.4 Å². The summed E-state index contributed by atoms with van der Waals surface area (Å²) in [6.45, 7) is 10.6. The Balaban J connectivity index is 0.000000175. The molecular formula is C34H40ClFeN3O6+2. The molecule has 5 atom stereocenters. The van der Waals surface area contributed by atoms with Crippen molar-refractivity contribution in [2.45, 2.75) is 70.0 Å². The molecule has 3 aliphatic heterocycles. The van der Waals surface area contributed by atoms with E-state index in [1.165, 1.54) is 5.92 Å². The van der Waals surface area contributed by atoms with Gasteiger partial charge in [-0.2, -0.15) is 0 Å². The third-order valence-electron chi connectivity index (χ3n) is 7.68. The summed E-state index contributed by atoms with van der Waals surface area (Å²) in [4.78, 5) is 4.34. The Kier molecular flexibility index (Phi) is 12.1. The number of hydrogen-bond donors (Lipinski definition) is 2. The molecule has 45 heavy (non-hydrogen) atoms. The standard InChI is InChI=1S/C17H17ClN3.C17H23O6.Fe/c18-14-5-6-15-16(7-8-20-17(15)11-14)21-10-9-19-12-13-3-1-2-4-13;1-16(2)20-11(9-18-10-7-5-6-8-10)12-13(21-16)14-15(19-12)23-17(3,4)22-14;/h1-8,11,19H,9-10,12H2,(H,20,21);5-8,11-15H,9H2,1-4H3;/q;;+2/t;11-,12+,13-,14+,15+;/m.0./s1. The molecule has 3 saturated heterocycles. The van der Waals surface area contributed by atoms with E-state index in [0.717, 1.165) is 42.3 Å². The molecule has 0 bridgehead atoms. The van der Waals surface area contributed by atoms with Gasteiger partial charge in [0.05, 0.1) is 12.1 Å². The van der Waals surface area contributed by atoms with Crippen LogP contribution < -0.4 is 10.6 Å². The number of halogens is 1. The van der Waals surface area contributed by atoms with Crippen LogP contribution in [0.5, 0.6) is 0 Å². The minimum Gasteiger partial charge on any atom is -0.383 e. The van der Waals surface area contributed by atoms with Crippen molar-refractivity contribution in [1.82, 2.24) is 10.3 Å². The van der Waals surface area contributed by atoms with Gasteiger partial charge < -0.3 is 39.1 Å².